The number of carbonyl (C=O) groups is 1. The van der Waals surface area contributed by atoms with Crippen LogP contribution >= 0.6 is 0 Å². The van der Waals surface area contributed by atoms with Crippen molar-refractivity contribution < 1.29 is 13.9 Å². The summed E-state index contributed by atoms with van der Waals surface area (Å²) in [6, 6.07) is 9.25. The van der Waals surface area contributed by atoms with Crippen LogP contribution in [0.3, 0.4) is 0 Å². The maximum absolute atomic E-state index is 13.7. The van der Waals surface area contributed by atoms with E-state index in [2.05, 4.69) is 0 Å². The molecule has 3 heteroatoms. The number of benzene rings is 1. The lowest BCUT2D eigenvalue weighted by Gasteiger charge is -2.17. The first-order valence-electron chi connectivity index (χ1n) is 5.46. The fraction of sp³-hybridized carbons (Fsp3) is 0.462. The molecule has 0 spiro atoms. The maximum atomic E-state index is 13.7. The van der Waals surface area contributed by atoms with Crippen molar-refractivity contribution in [2.24, 2.45) is 0 Å². The molecular formula is C13H17FO2. The van der Waals surface area contributed by atoms with E-state index in [0.29, 0.717) is 6.42 Å². The Morgan fingerprint density at radius 1 is 1.38 bits per heavy atom. The Kier molecular flexibility index (Phi) is 4.47. The lowest BCUT2D eigenvalue weighted by Crippen LogP contribution is -2.31. The van der Waals surface area contributed by atoms with Gasteiger partial charge in [0.15, 0.2) is 0 Å². The molecule has 0 bridgehead atoms. The minimum absolute atomic E-state index is 0.128. The number of ether oxygens (including phenoxy) is 1. The molecule has 0 amide bonds. The zero-order valence-electron chi connectivity index (χ0n) is 9.70. The van der Waals surface area contributed by atoms with E-state index in [9.17, 15) is 9.18 Å². The van der Waals surface area contributed by atoms with Crippen LogP contribution in [0.25, 0.3) is 0 Å². The first-order chi connectivity index (χ1) is 7.56. The number of alkyl halides is 1. The molecule has 1 aromatic carbocycles. The molecule has 0 aliphatic heterocycles. The van der Waals surface area contributed by atoms with E-state index in [-0.39, 0.29) is 13.0 Å². The zero-order chi connectivity index (χ0) is 12.0. The van der Waals surface area contributed by atoms with Crippen molar-refractivity contribution >= 4 is 5.97 Å². The number of carbonyl (C=O) groups excluding carboxylic acids is 1. The molecule has 0 aliphatic rings. The van der Waals surface area contributed by atoms with Gasteiger partial charge >= 0.3 is 5.97 Å². The normalized spacial score (nSPS) is 14.2. The third-order valence-corrected chi connectivity index (χ3v) is 2.36. The Morgan fingerprint density at radius 3 is 2.56 bits per heavy atom. The van der Waals surface area contributed by atoms with Crippen molar-refractivity contribution in [3.63, 3.8) is 0 Å². The SMILES string of the molecule is CCCC(C)(F)C(=O)OCc1ccccc1. The average Bonchev–Trinajstić information content (AvgIpc) is 2.27. The van der Waals surface area contributed by atoms with Crippen molar-refractivity contribution in [1.29, 1.82) is 0 Å². The van der Waals surface area contributed by atoms with Gasteiger partial charge in [0, 0.05) is 0 Å². The largest absolute Gasteiger partial charge is 0.458 e. The van der Waals surface area contributed by atoms with Crippen LogP contribution in [0.15, 0.2) is 30.3 Å². The second-order valence-electron chi connectivity index (χ2n) is 4.01. The number of hydrogen-bond donors (Lipinski definition) is 0. The number of halogens is 1. The Bertz CT molecular complexity index is 333. The number of esters is 1. The summed E-state index contributed by atoms with van der Waals surface area (Å²) in [5, 5.41) is 0. The molecule has 2 nitrogen and oxygen atoms in total. The quantitative estimate of drug-likeness (QED) is 0.717. The molecule has 0 saturated heterocycles. The minimum atomic E-state index is -1.87. The number of hydrogen-bond acceptors (Lipinski definition) is 2. The molecule has 1 unspecified atom stereocenters. The summed E-state index contributed by atoms with van der Waals surface area (Å²) in [5.74, 6) is -0.779. The van der Waals surface area contributed by atoms with E-state index >= 15 is 0 Å². The van der Waals surface area contributed by atoms with Gasteiger partial charge in [0.2, 0.25) is 5.67 Å². The summed E-state index contributed by atoms with van der Waals surface area (Å²) in [7, 11) is 0. The van der Waals surface area contributed by atoms with E-state index < -0.39 is 11.6 Å². The lowest BCUT2D eigenvalue weighted by molar-refractivity contribution is -0.158. The van der Waals surface area contributed by atoms with Crippen LogP contribution in [0.2, 0.25) is 0 Å². The van der Waals surface area contributed by atoms with Gasteiger partial charge in [-0.2, -0.15) is 0 Å². The summed E-state index contributed by atoms with van der Waals surface area (Å²) in [4.78, 5) is 11.4. The second-order valence-corrected chi connectivity index (χ2v) is 4.01. The number of rotatable bonds is 5. The highest BCUT2D eigenvalue weighted by Gasteiger charge is 2.33. The molecule has 0 aliphatic carbocycles. The highest BCUT2D eigenvalue weighted by molar-refractivity contribution is 5.78. The Morgan fingerprint density at radius 2 is 2.00 bits per heavy atom. The van der Waals surface area contributed by atoms with Gasteiger partial charge in [-0.1, -0.05) is 43.7 Å². The minimum Gasteiger partial charge on any atom is -0.458 e. The van der Waals surface area contributed by atoms with Gasteiger partial charge in [0.05, 0.1) is 0 Å². The maximum Gasteiger partial charge on any atom is 0.343 e. The van der Waals surface area contributed by atoms with E-state index in [1.165, 1.54) is 6.92 Å². The fourth-order valence-corrected chi connectivity index (χ4v) is 1.45. The Hall–Kier alpha value is -1.38. The van der Waals surface area contributed by atoms with Crippen LogP contribution in [0.1, 0.15) is 32.3 Å². The van der Waals surface area contributed by atoms with Crippen LogP contribution < -0.4 is 0 Å². The van der Waals surface area contributed by atoms with Crippen molar-refractivity contribution in [2.75, 3.05) is 0 Å². The molecule has 0 fully saturated rings. The third-order valence-electron chi connectivity index (χ3n) is 2.36. The molecule has 1 aromatic rings. The molecule has 0 N–H and O–H groups in total. The van der Waals surface area contributed by atoms with Gasteiger partial charge in [0.1, 0.15) is 6.61 Å². The van der Waals surface area contributed by atoms with E-state index in [1.807, 2.05) is 37.3 Å². The fourth-order valence-electron chi connectivity index (χ4n) is 1.45. The highest BCUT2D eigenvalue weighted by atomic mass is 19.1. The van der Waals surface area contributed by atoms with Crippen LogP contribution in [0, 0.1) is 0 Å². The smallest absolute Gasteiger partial charge is 0.343 e. The highest BCUT2D eigenvalue weighted by Crippen LogP contribution is 2.20. The summed E-state index contributed by atoms with van der Waals surface area (Å²) < 4.78 is 18.6. The third kappa shape index (κ3) is 3.65. The molecular weight excluding hydrogens is 207 g/mol. The molecule has 0 radical (unpaired) electrons. The zero-order valence-corrected chi connectivity index (χ0v) is 9.70. The molecule has 16 heavy (non-hydrogen) atoms. The summed E-state index contributed by atoms with van der Waals surface area (Å²) in [6.45, 7) is 3.23. The van der Waals surface area contributed by atoms with E-state index in [0.717, 1.165) is 5.56 Å². The second kappa shape index (κ2) is 5.64. The van der Waals surface area contributed by atoms with Gasteiger partial charge in [-0.3, -0.25) is 0 Å². The molecule has 0 aromatic heterocycles. The monoisotopic (exact) mass is 224 g/mol. The Labute approximate surface area is 95.4 Å². The molecule has 1 rings (SSSR count). The standard InChI is InChI=1S/C13H17FO2/c1-3-9-13(2,14)12(15)16-10-11-7-5-4-6-8-11/h4-8H,3,9-10H2,1-2H3. The van der Waals surface area contributed by atoms with Crippen molar-refractivity contribution in [1.82, 2.24) is 0 Å². The molecule has 1 atom stereocenters. The van der Waals surface area contributed by atoms with Gasteiger partial charge < -0.3 is 4.74 Å². The van der Waals surface area contributed by atoms with Crippen molar-refractivity contribution in [3.05, 3.63) is 35.9 Å². The average molecular weight is 224 g/mol. The van der Waals surface area contributed by atoms with Gasteiger partial charge in [-0.25, -0.2) is 9.18 Å². The first kappa shape index (κ1) is 12.7. The van der Waals surface area contributed by atoms with Crippen LogP contribution in [0.5, 0.6) is 0 Å². The molecule has 88 valence electrons. The predicted molar refractivity (Wildman–Crippen MR) is 60.7 cm³/mol. The Balaban J connectivity index is 2.47. The van der Waals surface area contributed by atoms with Gasteiger partial charge in [-0.05, 0) is 18.9 Å². The van der Waals surface area contributed by atoms with Crippen molar-refractivity contribution in [2.45, 2.75) is 39.0 Å². The summed E-state index contributed by atoms with van der Waals surface area (Å²) in [6.07, 6.45) is 0.814. The van der Waals surface area contributed by atoms with Gasteiger partial charge in [0.25, 0.3) is 0 Å². The van der Waals surface area contributed by atoms with Crippen LogP contribution in [0.4, 0.5) is 4.39 Å². The van der Waals surface area contributed by atoms with Crippen LogP contribution in [-0.2, 0) is 16.1 Å². The van der Waals surface area contributed by atoms with Crippen molar-refractivity contribution in [3.8, 4) is 0 Å². The summed E-state index contributed by atoms with van der Waals surface area (Å²) in [5.41, 5.74) is -1.01. The van der Waals surface area contributed by atoms with Crippen LogP contribution in [-0.4, -0.2) is 11.6 Å². The summed E-state index contributed by atoms with van der Waals surface area (Å²) >= 11 is 0. The lowest BCUT2D eigenvalue weighted by atomic mass is 10.0. The predicted octanol–water partition coefficient (Wildman–Crippen LogP) is 3.26. The molecule has 0 saturated carbocycles. The first-order valence-corrected chi connectivity index (χ1v) is 5.46. The van der Waals surface area contributed by atoms with E-state index in [1.54, 1.807) is 0 Å². The van der Waals surface area contributed by atoms with E-state index in [4.69, 9.17) is 4.74 Å². The topological polar surface area (TPSA) is 26.3 Å². The molecule has 0 heterocycles. The van der Waals surface area contributed by atoms with Gasteiger partial charge in [-0.15, -0.1) is 0 Å².